The minimum Gasteiger partial charge on any atom is -0.393 e. The fraction of sp³-hybridized carbons (Fsp3) is 1.00. The van der Waals surface area contributed by atoms with Gasteiger partial charge in [-0.15, -0.1) is 0 Å². The number of ether oxygens (including phenoxy) is 1. The Morgan fingerprint density at radius 3 is 1.55 bits per heavy atom. The Morgan fingerprint density at radius 1 is 0.595 bits per heavy atom. The largest absolute Gasteiger partial charge is 0.393 e. The number of aliphatic hydroxyl groups excluding tert-OH is 1. The van der Waals surface area contributed by atoms with E-state index < -0.39 is 0 Å². The molecule has 3 saturated carbocycles. The SMILES string of the molecule is CCCCCCCCOC1CCC(C2NC(C3CCC(C(C)(C)C)CC3)NC(C3CCC(C(C)(C)C)CC3)N2)C(O)C1. The summed E-state index contributed by atoms with van der Waals surface area (Å²) in [4.78, 5) is 0. The Bertz CT molecular complexity index is 718. The van der Waals surface area contributed by atoms with Crippen molar-refractivity contribution < 1.29 is 9.84 Å². The third-order valence-corrected chi connectivity index (χ3v) is 12.1. The molecule has 5 unspecified atom stereocenters. The van der Waals surface area contributed by atoms with E-state index in [0.29, 0.717) is 35.0 Å². The molecule has 4 rings (SSSR count). The van der Waals surface area contributed by atoms with Gasteiger partial charge in [0.2, 0.25) is 0 Å². The van der Waals surface area contributed by atoms with E-state index in [9.17, 15) is 5.11 Å². The smallest absolute Gasteiger partial charge is 0.0649 e. The molecule has 0 aromatic carbocycles. The lowest BCUT2D eigenvalue weighted by atomic mass is 9.68. The lowest BCUT2D eigenvalue weighted by Crippen LogP contribution is -2.73. The predicted octanol–water partition coefficient (Wildman–Crippen LogP) is 8.36. The van der Waals surface area contributed by atoms with Crippen molar-refractivity contribution in [1.29, 1.82) is 0 Å². The van der Waals surface area contributed by atoms with E-state index in [4.69, 9.17) is 4.74 Å². The molecule has 5 heteroatoms. The van der Waals surface area contributed by atoms with Gasteiger partial charge in [-0.25, -0.2) is 0 Å². The van der Waals surface area contributed by atoms with Crippen LogP contribution in [0.25, 0.3) is 0 Å². The van der Waals surface area contributed by atoms with E-state index in [1.54, 1.807) is 0 Å². The monoisotopic (exact) mass is 590 g/mol. The van der Waals surface area contributed by atoms with Crippen molar-refractivity contribution in [2.24, 2.45) is 40.4 Å². The van der Waals surface area contributed by atoms with Crippen LogP contribution in [0.2, 0.25) is 0 Å². The molecule has 4 N–H and O–H groups in total. The molecule has 4 fully saturated rings. The van der Waals surface area contributed by atoms with Crippen molar-refractivity contribution in [3.63, 3.8) is 0 Å². The molecular weight excluding hydrogens is 518 g/mol. The molecule has 1 saturated heterocycles. The van der Waals surface area contributed by atoms with E-state index in [2.05, 4.69) is 64.4 Å². The van der Waals surface area contributed by atoms with Crippen LogP contribution in [0, 0.1) is 40.4 Å². The summed E-state index contributed by atoms with van der Waals surface area (Å²) in [7, 11) is 0. The highest BCUT2D eigenvalue weighted by Crippen LogP contribution is 2.43. The summed E-state index contributed by atoms with van der Waals surface area (Å²) in [6, 6.07) is 0. The summed E-state index contributed by atoms with van der Waals surface area (Å²) in [5.74, 6) is 3.28. The Kier molecular flexibility index (Phi) is 13.1. The molecule has 1 aliphatic heterocycles. The van der Waals surface area contributed by atoms with Gasteiger partial charge in [-0.1, -0.05) is 80.6 Å². The van der Waals surface area contributed by atoms with Crippen LogP contribution in [-0.2, 0) is 4.74 Å². The summed E-state index contributed by atoms with van der Waals surface area (Å²) < 4.78 is 6.29. The van der Waals surface area contributed by atoms with E-state index in [0.717, 1.165) is 44.1 Å². The molecule has 0 spiro atoms. The van der Waals surface area contributed by atoms with E-state index in [1.807, 2.05) is 0 Å². The molecule has 1 heterocycles. The summed E-state index contributed by atoms with van der Waals surface area (Å²) in [6.07, 6.45) is 22.1. The second-order valence-corrected chi connectivity index (χ2v) is 17.2. The molecule has 0 amide bonds. The summed E-state index contributed by atoms with van der Waals surface area (Å²) in [5, 5.41) is 23.7. The second kappa shape index (κ2) is 15.9. The molecule has 0 aromatic rings. The minimum atomic E-state index is -0.300. The zero-order chi connectivity index (χ0) is 30.3. The summed E-state index contributed by atoms with van der Waals surface area (Å²) in [5.41, 5.74) is 0.827. The predicted molar refractivity (Wildman–Crippen MR) is 177 cm³/mol. The Hall–Kier alpha value is -0.200. The molecule has 0 aromatic heterocycles. The topological polar surface area (TPSA) is 65.5 Å². The Morgan fingerprint density at radius 2 is 1.07 bits per heavy atom. The molecule has 5 atom stereocenters. The quantitative estimate of drug-likeness (QED) is 0.182. The fourth-order valence-corrected chi connectivity index (χ4v) is 8.96. The highest BCUT2D eigenvalue weighted by Gasteiger charge is 2.44. The second-order valence-electron chi connectivity index (χ2n) is 17.2. The highest BCUT2D eigenvalue weighted by atomic mass is 16.5. The van der Waals surface area contributed by atoms with Gasteiger partial charge in [0.25, 0.3) is 0 Å². The summed E-state index contributed by atoms with van der Waals surface area (Å²) in [6.45, 7) is 17.7. The molecule has 4 aliphatic rings. The maximum Gasteiger partial charge on any atom is 0.0649 e. The molecule has 42 heavy (non-hydrogen) atoms. The van der Waals surface area contributed by atoms with Crippen LogP contribution in [0.15, 0.2) is 0 Å². The molecule has 246 valence electrons. The average molecular weight is 590 g/mol. The van der Waals surface area contributed by atoms with Gasteiger partial charge in [0.15, 0.2) is 0 Å². The zero-order valence-corrected chi connectivity index (χ0v) is 28.9. The van der Waals surface area contributed by atoms with Crippen molar-refractivity contribution >= 4 is 0 Å². The van der Waals surface area contributed by atoms with Crippen molar-refractivity contribution in [2.75, 3.05) is 6.61 Å². The Labute approximate surface area is 260 Å². The standard InChI is InChI=1S/C37H71N3O2/c1-8-9-10-11-12-13-24-42-30-22-23-31(32(41)25-30)35-39-33(26-14-18-28(19-15-26)36(2,3)4)38-34(40-35)27-16-20-29(21-17-27)37(5,6)7/h26-35,38-41H,8-25H2,1-7H3. The van der Waals surface area contributed by atoms with Crippen LogP contribution in [0.3, 0.4) is 0 Å². The molecule has 5 nitrogen and oxygen atoms in total. The van der Waals surface area contributed by atoms with Crippen molar-refractivity contribution in [2.45, 2.75) is 188 Å². The van der Waals surface area contributed by atoms with Gasteiger partial charge < -0.3 is 9.84 Å². The van der Waals surface area contributed by atoms with Gasteiger partial charge in [0, 0.05) is 12.5 Å². The number of nitrogens with one attached hydrogen (secondary N) is 3. The maximum absolute atomic E-state index is 11.5. The first kappa shape index (κ1) is 34.7. The van der Waals surface area contributed by atoms with E-state index >= 15 is 0 Å². The van der Waals surface area contributed by atoms with Crippen molar-refractivity contribution in [3.05, 3.63) is 0 Å². The lowest BCUT2D eigenvalue weighted by molar-refractivity contribution is -0.0629. The zero-order valence-electron chi connectivity index (χ0n) is 28.9. The van der Waals surface area contributed by atoms with Crippen LogP contribution in [0.1, 0.15) is 158 Å². The number of rotatable bonds is 11. The van der Waals surface area contributed by atoms with Gasteiger partial charge in [0.1, 0.15) is 0 Å². The number of unbranched alkanes of at least 4 members (excludes halogenated alkanes) is 5. The first-order valence-corrected chi connectivity index (χ1v) is 18.5. The van der Waals surface area contributed by atoms with Gasteiger partial charge in [-0.2, -0.15) is 0 Å². The molecule has 0 radical (unpaired) electrons. The van der Waals surface area contributed by atoms with Gasteiger partial charge in [-0.05, 0) is 112 Å². The number of aliphatic hydroxyl groups is 1. The van der Waals surface area contributed by atoms with Crippen LogP contribution in [-0.4, -0.2) is 42.4 Å². The first-order valence-electron chi connectivity index (χ1n) is 18.5. The maximum atomic E-state index is 11.5. The molecular formula is C37H71N3O2. The lowest BCUT2D eigenvalue weighted by Gasteiger charge is -2.51. The first-order chi connectivity index (χ1) is 20.0. The minimum absolute atomic E-state index is 0.177. The van der Waals surface area contributed by atoms with Gasteiger partial charge >= 0.3 is 0 Å². The van der Waals surface area contributed by atoms with E-state index in [-0.39, 0.29) is 24.3 Å². The third kappa shape index (κ3) is 9.90. The van der Waals surface area contributed by atoms with Crippen LogP contribution in [0.4, 0.5) is 0 Å². The highest BCUT2D eigenvalue weighted by molar-refractivity contribution is 4.98. The third-order valence-electron chi connectivity index (χ3n) is 12.1. The van der Waals surface area contributed by atoms with E-state index in [1.165, 1.54) is 83.5 Å². The fourth-order valence-electron chi connectivity index (χ4n) is 8.96. The number of hydrogen-bond donors (Lipinski definition) is 4. The van der Waals surface area contributed by atoms with Gasteiger partial charge in [-0.3, -0.25) is 16.0 Å². The van der Waals surface area contributed by atoms with Crippen molar-refractivity contribution in [1.82, 2.24) is 16.0 Å². The van der Waals surface area contributed by atoms with Crippen LogP contribution < -0.4 is 16.0 Å². The number of hydrogen-bond acceptors (Lipinski definition) is 5. The summed E-state index contributed by atoms with van der Waals surface area (Å²) >= 11 is 0. The van der Waals surface area contributed by atoms with Gasteiger partial charge in [0.05, 0.1) is 30.7 Å². The van der Waals surface area contributed by atoms with Crippen LogP contribution >= 0.6 is 0 Å². The van der Waals surface area contributed by atoms with Crippen molar-refractivity contribution in [3.8, 4) is 0 Å². The molecule has 0 bridgehead atoms. The average Bonchev–Trinajstić information content (AvgIpc) is 2.96. The molecule has 3 aliphatic carbocycles. The van der Waals surface area contributed by atoms with Crippen LogP contribution in [0.5, 0.6) is 0 Å². The Balaban J connectivity index is 1.33. The normalized spacial score (nSPS) is 38.9.